The first-order valence-electron chi connectivity index (χ1n) is 5.38. The number of carbonyl (C=O) groups excluding carboxylic acids is 2. The number of nitrogens with zero attached hydrogens (tertiary/aromatic N) is 2. The van der Waals surface area contributed by atoms with E-state index in [0.717, 1.165) is 11.0 Å². The van der Waals surface area contributed by atoms with E-state index in [2.05, 4.69) is 4.74 Å². The van der Waals surface area contributed by atoms with Gasteiger partial charge in [0.25, 0.3) is 0 Å². The molecule has 0 aliphatic heterocycles. The van der Waals surface area contributed by atoms with E-state index in [0.29, 0.717) is 5.69 Å². The minimum absolute atomic E-state index is 0.0194. The maximum atomic E-state index is 11.7. The van der Waals surface area contributed by atoms with Gasteiger partial charge in [-0.05, 0) is 12.1 Å². The summed E-state index contributed by atoms with van der Waals surface area (Å²) >= 11 is 0. The summed E-state index contributed by atoms with van der Waals surface area (Å²) in [6.07, 6.45) is 1.86. The highest BCUT2D eigenvalue weighted by Gasteiger charge is 2.19. The molecule has 2 aromatic heterocycles. The maximum absolute atomic E-state index is 11.7. The van der Waals surface area contributed by atoms with Gasteiger partial charge in [0.15, 0.2) is 0 Å². The minimum Gasteiger partial charge on any atom is -0.468 e. The first kappa shape index (κ1) is 12.2. The number of esters is 2. The Kier molecular flexibility index (Phi) is 3.10. The number of hydrogen-bond acceptors (Lipinski definition) is 4. The molecule has 0 fully saturated rings. The van der Waals surface area contributed by atoms with Crippen LogP contribution in [0.5, 0.6) is 0 Å². The van der Waals surface area contributed by atoms with E-state index < -0.39 is 11.9 Å². The van der Waals surface area contributed by atoms with Gasteiger partial charge in [-0.25, -0.2) is 4.79 Å². The van der Waals surface area contributed by atoms with Crippen molar-refractivity contribution in [3.05, 3.63) is 24.0 Å². The first-order valence-corrected chi connectivity index (χ1v) is 5.38. The van der Waals surface area contributed by atoms with Gasteiger partial charge in [0, 0.05) is 13.2 Å². The highest BCUT2D eigenvalue weighted by molar-refractivity contribution is 5.95. The number of ether oxygens (including phenoxy) is 2. The van der Waals surface area contributed by atoms with Crippen LogP contribution in [0, 0.1) is 0 Å². The molecule has 6 heteroatoms. The summed E-state index contributed by atoms with van der Waals surface area (Å²) in [5, 5.41) is 0. The van der Waals surface area contributed by atoms with Gasteiger partial charge in [0.2, 0.25) is 0 Å². The zero-order valence-corrected chi connectivity index (χ0v) is 10.5. The molecular weight excluding hydrogens is 236 g/mol. The summed E-state index contributed by atoms with van der Waals surface area (Å²) in [4.78, 5) is 23.1. The molecule has 0 aliphatic carbocycles. The van der Waals surface area contributed by atoms with Crippen molar-refractivity contribution >= 4 is 23.0 Å². The molecule has 2 aromatic rings. The number of aromatic nitrogens is 2. The van der Waals surface area contributed by atoms with Gasteiger partial charge in [0.05, 0.1) is 25.3 Å². The van der Waals surface area contributed by atoms with Crippen molar-refractivity contribution in [3.63, 3.8) is 0 Å². The van der Waals surface area contributed by atoms with E-state index in [9.17, 15) is 9.59 Å². The molecule has 0 aromatic carbocycles. The normalized spacial score (nSPS) is 10.6. The molecule has 0 amide bonds. The number of hydrogen-bond donors (Lipinski definition) is 0. The summed E-state index contributed by atoms with van der Waals surface area (Å²) < 4.78 is 12.8. The Balaban J connectivity index is 2.57. The van der Waals surface area contributed by atoms with Crippen LogP contribution in [0.1, 0.15) is 10.5 Å². The molecule has 0 aliphatic rings. The lowest BCUT2D eigenvalue weighted by Crippen LogP contribution is -2.16. The number of aryl methyl sites for hydroxylation is 1. The van der Waals surface area contributed by atoms with Crippen molar-refractivity contribution < 1.29 is 19.1 Å². The molecule has 0 atom stereocenters. The van der Waals surface area contributed by atoms with Crippen molar-refractivity contribution in [3.8, 4) is 0 Å². The number of fused-ring (bicyclic) bond motifs is 1. The second-order valence-corrected chi connectivity index (χ2v) is 3.88. The largest absolute Gasteiger partial charge is 0.468 e. The van der Waals surface area contributed by atoms with E-state index in [4.69, 9.17) is 4.74 Å². The third kappa shape index (κ3) is 1.85. The van der Waals surface area contributed by atoms with Crippen molar-refractivity contribution in [1.29, 1.82) is 0 Å². The zero-order chi connectivity index (χ0) is 13.3. The Morgan fingerprint density at radius 1 is 1.22 bits per heavy atom. The van der Waals surface area contributed by atoms with Gasteiger partial charge in [0.1, 0.15) is 12.2 Å². The van der Waals surface area contributed by atoms with E-state index in [1.54, 1.807) is 10.6 Å². The molecule has 2 heterocycles. The van der Waals surface area contributed by atoms with Gasteiger partial charge >= 0.3 is 11.9 Å². The van der Waals surface area contributed by atoms with Gasteiger partial charge in [-0.2, -0.15) is 0 Å². The molecule has 0 spiro atoms. The topological polar surface area (TPSA) is 62.5 Å². The molecule has 0 unspecified atom stereocenters. The van der Waals surface area contributed by atoms with Crippen molar-refractivity contribution in [2.45, 2.75) is 6.54 Å². The smallest absolute Gasteiger partial charge is 0.354 e. The van der Waals surface area contributed by atoms with E-state index in [1.807, 2.05) is 23.9 Å². The lowest BCUT2D eigenvalue weighted by molar-refractivity contribution is -0.141. The van der Waals surface area contributed by atoms with Crippen LogP contribution in [0.25, 0.3) is 11.0 Å². The zero-order valence-electron chi connectivity index (χ0n) is 10.5. The Labute approximate surface area is 104 Å². The van der Waals surface area contributed by atoms with Crippen LogP contribution >= 0.6 is 0 Å². The highest BCUT2D eigenvalue weighted by Crippen LogP contribution is 2.21. The fourth-order valence-electron chi connectivity index (χ4n) is 1.91. The van der Waals surface area contributed by atoms with E-state index in [-0.39, 0.29) is 6.54 Å². The van der Waals surface area contributed by atoms with Crippen LogP contribution in [0.3, 0.4) is 0 Å². The van der Waals surface area contributed by atoms with Gasteiger partial charge in [-0.3, -0.25) is 4.79 Å². The van der Waals surface area contributed by atoms with Crippen LogP contribution in [0.15, 0.2) is 18.3 Å². The number of carbonyl (C=O) groups is 2. The minimum atomic E-state index is -0.477. The molecule has 2 rings (SSSR count). The fourth-order valence-corrected chi connectivity index (χ4v) is 1.91. The molecule has 0 bridgehead atoms. The summed E-state index contributed by atoms with van der Waals surface area (Å²) in [5.74, 6) is -0.892. The van der Waals surface area contributed by atoms with Crippen molar-refractivity contribution in [2.24, 2.45) is 7.05 Å². The number of rotatable bonds is 3. The molecule has 0 N–H and O–H groups in total. The molecule has 18 heavy (non-hydrogen) atoms. The van der Waals surface area contributed by atoms with Crippen molar-refractivity contribution in [2.75, 3.05) is 14.2 Å². The van der Waals surface area contributed by atoms with Crippen LogP contribution < -0.4 is 0 Å². The predicted molar refractivity (Wildman–Crippen MR) is 64.3 cm³/mol. The van der Waals surface area contributed by atoms with Gasteiger partial charge in [-0.15, -0.1) is 0 Å². The number of methoxy groups -OCH3 is 2. The second-order valence-electron chi connectivity index (χ2n) is 3.88. The first-order chi connectivity index (χ1) is 8.58. The second kappa shape index (κ2) is 4.56. The van der Waals surface area contributed by atoms with E-state index in [1.165, 1.54) is 14.2 Å². The Morgan fingerprint density at radius 3 is 2.56 bits per heavy atom. The molecule has 0 radical (unpaired) electrons. The molecule has 96 valence electrons. The van der Waals surface area contributed by atoms with Gasteiger partial charge in [-0.1, -0.05) is 0 Å². The summed E-state index contributed by atoms with van der Waals surface area (Å²) in [6.45, 7) is -0.0194. The summed E-state index contributed by atoms with van der Waals surface area (Å²) in [6, 6.07) is 3.54. The maximum Gasteiger partial charge on any atom is 0.354 e. The van der Waals surface area contributed by atoms with Crippen LogP contribution in [0.4, 0.5) is 0 Å². The SMILES string of the molecule is COC(=O)Cn1c(C(=O)OC)cc2c1ccn2C. The van der Waals surface area contributed by atoms with Crippen molar-refractivity contribution in [1.82, 2.24) is 9.13 Å². The quantitative estimate of drug-likeness (QED) is 0.760. The van der Waals surface area contributed by atoms with Crippen LogP contribution in [0.2, 0.25) is 0 Å². The summed E-state index contributed by atoms with van der Waals surface area (Å²) in [7, 11) is 4.49. The Bertz CT molecular complexity index is 609. The van der Waals surface area contributed by atoms with Crippen LogP contribution in [-0.2, 0) is 27.9 Å². The highest BCUT2D eigenvalue weighted by atomic mass is 16.5. The standard InChI is InChI=1S/C12H14N2O4/c1-13-5-4-8-9(13)6-10(12(16)18-3)14(8)7-11(15)17-2/h4-6H,7H2,1-3H3. The van der Waals surface area contributed by atoms with Crippen LogP contribution in [-0.4, -0.2) is 35.3 Å². The average Bonchev–Trinajstić information content (AvgIpc) is 2.90. The predicted octanol–water partition coefficient (Wildman–Crippen LogP) is 0.939. The Morgan fingerprint density at radius 2 is 1.94 bits per heavy atom. The molecule has 0 saturated heterocycles. The molecule has 0 saturated carbocycles. The third-order valence-electron chi connectivity index (χ3n) is 2.86. The monoisotopic (exact) mass is 250 g/mol. The fraction of sp³-hybridized carbons (Fsp3) is 0.333. The molecule has 6 nitrogen and oxygen atoms in total. The third-order valence-corrected chi connectivity index (χ3v) is 2.86. The average molecular weight is 250 g/mol. The molecular formula is C12H14N2O4. The lowest BCUT2D eigenvalue weighted by atomic mass is 10.4. The summed E-state index contributed by atoms with van der Waals surface area (Å²) in [5.41, 5.74) is 1.99. The Hall–Kier alpha value is -2.24. The van der Waals surface area contributed by atoms with Gasteiger partial charge < -0.3 is 18.6 Å². The lowest BCUT2D eigenvalue weighted by Gasteiger charge is -2.06. The van der Waals surface area contributed by atoms with E-state index >= 15 is 0 Å².